The predicted octanol–water partition coefficient (Wildman–Crippen LogP) is 4.24. The van der Waals surface area contributed by atoms with Gasteiger partial charge in [-0.3, -0.25) is 4.79 Å². The summed E-state index contributed by atoms with van der Waals surface area (Å²) in [6, 6.07) is 12.9. The highest BCUT2D eigenvalue weighted by Crippen LogP contribution is 2.37. The average molecular weight is 560 g/mol. The van der Waals surface area contributed by atoms with Crippen LogP contribution in [0, 0.1) is 26.7 Å². The lowest BCUT2D eigenvalue weighted by Crippen LogP contribution is -2.41. The SMILES string of the molecule is COc1cc(C)c(S(=O)(=O)N(C)CCOCC(=O)NC2CCC(C(c3ccccc3)N(C)C)CC2)c(C)c1C. The van der Waals surface area contributed by atoms with E-state index in [1.165, 1.54) is 16.9 Å². The van der Waals surface area contributed by atoms with E-state index >= 15 is 0 Å². The second-order valence-corrected chi connectivity index (χ2v) is 12.8. The Labute approximate surface area is 234 Å². The van der Waals surface area contributed by atoms with Crippen molar-refractivity contribution in [1.82, 2.24) is 14.5 Å². The minimum Gasteiger partial charge on any atom is -0.496 e. The molecular weight excluding hydrogens is 514 g/mol. The minimum atomic E-state index is -3.72. The van der Waals surface area contributed by atoms with Crippen LogP contribution in [-0.4, -0.2) is 77.6 Å². The smallest absolute Gasteiger partial charge is 0.246 e. The van der Waals surface area contributed by atoms with E-state index in [2.05, 4.69) is 48.6 Å². The van der Waals surface area contributed by atoms with Crippen molar-refractivity contribution >= 4 is 15.9 Å². The molecule has 0 heterocycles. The molecule has 8 nitrogen and oxygen atoms in total. The number of rotatable bonds is 12. The first-order chi connectivity index (χ1) is 18.5. The van der Waals surface area contributed by atoms with Gasteiger partial charge >= 0.3 is 0 Å². The van der Waals surface area contributed by atoms with Crippen LogP contribution in [0.5, 0.6) is 5.75 Å². The normalized spacial score (nSPS) is 18.8. The van der Waals surface area contributed by atoms with E-state index in [1.54, 1.807) is 27.0 Å². The lowest BCUT2D eigenvalue weighted by atomic mass is 9.78. The molecule has 9 heteroatoms. The third-order valence-corrected chi connectivity index (χ3v) is 10.1. The van der Waals surface area contributed by atoms with Crippen molar-refractivity contribution in [3.8, 4) is 5.75 Å². The number of hydrogen-bond donors (Lipinski definition) is 1. The van der Waals surface area contributed by atoms with E-state index in [4.69, 9.17) is 9.47 Å². The molecule has 3 rings (SSSR count). The Hall–Kier alpha value is -2.46. The van der Waals surface area contributed by atoms with Crippen LogP contribution in [-0.2, 0) is 19.6 Å². The maximum absolute atomic E-state index is 13.3. The number of amides is 1. The molecule has 0 radical (unpaired) electrons. The van der Waals surface area contributed by atoms with E-state index in [0.29, 0.717) is 33.7 Å². The van der Waals surface area contributed by atoms with Crippen LogP contribution in [0.3, 0.4) is 0 Å². The van der Waals surface area contributed by atoms with Crippen LogP contribution in [0.4, 0.5) is 0 Å². The predicted molar refractivity (Wildman–Crippen MR) is 155 cm³/mol. The van der Waals surface area contributed by atoms with Gasteiger partial charge < -0.3 is 19.7 Å². The van der Waals surface area contributed by atoms with E-state index < -0.39 is 10.0 Å². The number of ether oxygens (including phenoxy) is 2. The number of likely N-dealkylation sites (N-methyl/N-ethyl adjacent to an activating group) is 1. The van der Waals surface area contributed by atoms with E-state index in [-0.39, 0.29) is 31.7 Å². The molecule has 1 aliphatic rings. The molecule has 216 valence electrons. The molecule has 2 aromatic carbocycles. The molecule has 0 saturated heterocycles. The van der Waals surface area contributed by atoms with Gasteiger partial charge in [-0.2, -0.15) is 4.31 Å². The van der Waals surface area contributed by atoms with Gasteiger partial charge in [-0.15, -0.1) is 0 Å². The van der Waals surface area contributed by atoms with Crippen molar-refractivity contribution in [1.29, 1.82) is 0 Å². The fourth-order valence-corrected chi connectivity index (χ4v) is 7.39. The summed E-state index contributed by atoms with van der Waals surface area (Å²) in [5.41, 5.74) is 3.45. The number of hydrogen-bond acceptors (Lipinski definition) is 6. The minimum absolute atomic E-state index is 0.0855. The van der Waals surface area contributed by atoms with Gasteiger partial charge in [0.15, 0.2) is 0 Å². The van der Waals surface area contributed by atoms with Crippen molar-refractivity contribution in [3.05, 3.63) is 58.7 Å². The standard InChI is InChI=1S/C30H45N3O5S/c1-21-19-27(37-7)22(2)23(3)30(21)39(35,36)33(6)17-18-38-20-28(34)31-26-15-13-25(14-16-26)29(32(4)5)24-11-9-8-10-12-24/h8-12,19,25-26,29H,13-18,20H2,1-7H3,(H,31,34). The first-order valence-electron chi connectivity index (χ1n) is 13.7. The Balaban J connectivity index is 1.45. The van der Waals surface area contributed by atoms with Crippen LogP contribution < -0.4 is 10.1 Å². The molecule has 1 amide bonds. The highest BCUT2D eigenvalue weighted by atomic mass is 32.2. The van der Waals surface area contributed by atoms with E-state index in [1.807, 2.05) is 13.0 Å². The molecule has 1 aliphatic carbocycles. The van der Waals surface area contributed by atoms with Crippen molar-refractivity contribution in [3.63, 3.8) is 0 Å². The lowest BCUT2D eigenvalue weighted by molar-refractivity contribution is -0.126. The van der Waals surface area contributed by atoms with Crippen molar-refractivity contribution in [2.75, 3.05) is 48.0 Å². The number of carbonyl (C=O) groups is 1. The van der Waals surface area contributed by atoms with E-state index in [9.17, 15) is 13.2 Å². The molecule has 2 aromatic rings. The first-order valence-corrected chi connectivity index (χ1v) is 15.1. The summed E-state index contributed by atoms with van der Waals surface area (Å²) in [5.74, 6) is 1.06. The lowest BCUT2D eigenvalue weighted by Gasteiger charge is -2.37. The first kappa shape index (κ1) is 31.1. The zero-order chi connectivity index (χ0) is 28.7. The molecule has 0 aliphatic heterocycles. The third-order valence-electron chi connectivity index (χ3n) is 7.93. The molecule has 1 saturated carbocycles. The molecule has 1 fully saturated rings. The van der Waals surface area contributed by atoms with Gasteiger partial charge in [0.2, 0.25) is 15.9 Å². The van der Waals surface area contributed by atoms with E-state index in [0.717, 1.165) is 31.2 Å². The van der Waals surface area contributed by atoms with Crippen LogP contribution in [0.25, 0.3) is 0 Å². The zero-order valence-corrected chi connectivity index (χ0v) is 25.3. The maximum atomic E-state index is 13.3. The summed E-state index contributed by atoms with van der Waals surface area (Å²) in [5, 5.41) is 3.10. The summed E-state index contributed by atoms with van der Waals surface area (Å²) in [4.78, 5) is 15.1. The van der Waals surface area contributed by atoms with Crippen LogP contribution in [0.15, 0.2) is 41.3 Å². The molecule has 0 bridgehead atoms. The zero-order valence-electron chi connectivity index (χ0n) is 24.5. The van der Waals surface area contributed by atoms with Gasteiger partial charge in [0.05, 0.1) is 18.6 Å². The van der Waals surface area contributed by atoms with Crippen molar-refractivity contribution in [2.24, 2.45) is 5.92 Å². The number of benzene rings is 2. The van der Waals surface area contributed by atoms with Gasteiger partial charge in [-0.25, -0.2) is 8.42 Å². The molecular formula is C30H45N3O5S. The van der Waals surface area contributed by atoms with Gasteiger partial charge in [0.1, 0.15) is 12.4 Å². The largest absolute Gasteiger partial charge is 0.496 e. The van der Waals surface area contributed by atoms with Gasteiger partial charge in [-0.05, 0) is 94.8 Å². The van der Waals surface area contributed by atoms with Gasteiger partial charge in [-0.1, -0.05) is 30.3 Å². The molecule has 1 atom stereocenters. The average Bonchev–Trinajstić information content (AvgIpc) is 2.90. The summed E-state index contributed by atoms with van der Waals surface area (Å²) in [7, 11) is 3.66. The number of aryl methyl sites for hydroxylation is 1. The summed E-state index contributed by atoms with van der Waals surface area (Å²) < 4.78 is 38.7. The fourth-order valence-electron chi connectivity index (χ4n) is 5.75. The topological polar surface area (TPSA) is 88.2 Å². The van der Waals surface area contributed by atoms with Crippen molar-refractivity contribution in [2.45, 2.75) is 63.4 Å². The summed E-state index contributed by atoms with van der Waals surface area (Å²) in [6.07, 6.45) is 3.98. The Bertz CT molecular complexity index is 1210. The second-order valence-electron chi connectivity index (χ2n) is 10.9. The highest BCUT2D eigenvalue weighted by Gasteiger charge is 2.31. The number of methoxy groups -OCH3 is 1. The number of carbonyl (C=O) groups excluding carboxylic acids is 1. The third kappa shape index (κ3) is 7.60. The molecule has 0 aromatic heterocycles. The molecule has 39 heavy (non-hydrogen) atoms. The monoisotopic (exact) mass is 559 g/mol. The quantitative estimate of drug-likeness (QED) is 0.392. The number of nitrogens with zero attached hydrogens (tertiary/aromatic N) is 2. The number of sulfonamides is 1. The van der Waals surface area contributed by atoms with Gasteiger partial charge in [0, 0.05) is 25.7 Å². The molecule has 0 spiro atoms. The van der Waals surface area contributed by atoms with Crippen molar-refractivity contribution < 1.29 is 22.7 Å². The van der Waals surface area contributed by atoms with Gasteiger partial charge in [0.25, 0.3) is 0 Å². The fraction of sp³-hybridized carbons (Fsp3) is 0.567. The maximum Gasteiger partial charge on any atom is 0.246 e. The van der Waals surface area contributed by atoms with Crippen LogP contribution in [0.1, 0.15) is 54.0 Å². The Kier molecular flexibility index (Phi) is 11.0. The van der Waals surface area contributed by atoms with Crippen LogP contribution in [0.2, 0.25) is 0 Å². The Morgan fingerprint density at radius 3 is 2.26 bits per heavy atom. The van der Waals surface area contributed by atoms with Crippen LogP contribution >= 0.6 is 0 Å². The summed E-state index contributed by atoms with van der Waals surface area (Å²) in [6.45, 7) is 5.61. The number of nitrogens with one attached hydrogen (secondary N) is 1. The molecule has 1 N–H and O–H groups in total. The highest BCUT2D eigenvalue weighted by molar-refractivity contribution is 7.89. The summed E-state index contributed by atoms with van der Waals surface area (Å²) >= 11 is 0. The Morgan fingerprint density at radius 1 is 1.03 bits per heavy atom. The Morgan fingerprint density at radius 2 is 1.67 bits per heavy atom. The molecule has 1 unspecified atom stereocenters. The second kappa shape index (κ2) is 13.7.